The lowest BCUT2D eigenvalue weighted by atomic mass is 10.2. The van der Waals surface area contributed by atoms with Gasteiger partial charge < -0.3 is 14.0 Å². The maximum absolute atomic E-state index is 11.6. The Kier molecular flexibility index (Phi) is 7.60. The van der Waals surface area contributed by atoms with Crippen LogP contribution >= 0.6 is 7.37 Å². The average Bonchev–Trinajstić information content (AvgIpc) is 2.30. The number of rotatable bonds is 7. The molecule has 0 saturated carbocycles. The van der Waals surface area contributed by atoms with Gasteiger partial charge in [-0.1, -0.05) is 11.8 Å². The lowest BCUT2D eigenvalue weighted by molar-refractivity contribution is -0.156. The highest BCUT2D eigenvalue weighted by atomic mass is 31.2. The van der Waals surface area contributed by atoms with Crippen LogP contribution in [-0.2, 0) is 28.2 Å². The van der Waals surface area contributed by atoms with E-state index in [1.165, 1.54) is 13.3 Å². The minimum absolute atomic E-state index is 0.221. The number of esters is 2. The fourth-order valence-corrected chi connectivity index (χ4v) is 1.78. The molecule has 7 heteroatoms. The Morgan fingerprint density at radius 1 is 1.16 bits per heavy atom. The van der Waals surface area contributed by atoms with Crippen LogP contribution in [0.1, 0.15) is 6.42 Å². The van der Waals surface area contributed by atoms with Crippen LogP contribution < -0.4 is 0 Å². The minimum atomic E-state index is -2.99. The summed E-state index contributed by atoms with van der Waals surface area (Å²) in [6, 6.07) is 0. The lowest BCUT2D eigenvalue weighted by Crippen LogP contribution is -2.29. The molecule has 0 amide bonds. The maximum Gasteiger partial charge on any atom is 0.337 e. The normalized spacial score (nSPS) is 11.8. The molecule has 1 atom stereocenters. The molecule has 104 valence electrons. The second-order valence-corrected chi connectivity index (χ2v) is 6.44. The Morgan fingerprint density at radius 2 is 1.68 bits per heavy atom. The summed E-state index contributed by atoms with van der Waals surface area (Å²) in [6.45, 7) is 2.12. The van der Waals surface area contributed by atoms with Crippen molar-refractivity contribution in [3.63, 3.8) is 0 Å². The van der Waals surface area contributed by atoms with E-state index in [0.29, 0.717) is 0 Å². The van der Waals surface area contributed by atoms with Crippen LogP contribution in [0.15, 0.2) is 0 Å². The van der Waals surface area contributed by atoms with Crippen molar-refractivity contribution in [1.82, 2.24) is 0 Å². The fourth-order valence-electron chi connectivity index (χ4n) is 1.01. The molecular formula is C12H15O6P. The van der Waals surface area contributed by atoms with Gasteiger partial charge in [0.2, 0.25) is 0 Å². The van der Waals surface area contributed by atoms with Gasteiger partial charge in [0.25, 0.3) is 0 Å². The van der Waals surface area contributed by atoms with E-state index in [4.69, 9.17) is 17.4 Å². The predicted molar refractivity (Wildman–Crippen MR) is 68.5 cm³/mol. The first kappa shape index (κ1) is 17.2. The van der Waals surface area contributed by atoms with E-state index in [9.17, 15) is 14.2 Å². The minimum Gasteiger partial charge on any atom is -0.452 e. The number of terminal acetylenes is 2. The molecule has 0 saturated heterocycles. The quantitative estimate of drug-likeness (QED) is 0.388. The highest BCUT2D eigenvalue weighted by Gasteiger charge is 2.29. The smallest absolute Gasteiger partial charge is 0.337 e. The van der Waals surface area contributed by atoms with Gasteiger partial charge in [-0.05, 0) is 0 Å². The zero-order chi connectivity index (χ0) is 14.9. The van der Waals surface area contributed by atoms with Gasteiger partial charge >= 0.3 is 11.9 Å². The van der Waals surface area contributed by atoms with Crippen molar-refractivity contribution in [3.05, 3.63) is 0 Å². The SMILES string of the molecule is C#CCOC(=O)CC(OP(C)(C)=O)C(=O)OCC#C. The molecular weight excluding hydrogens is 271 g/mol. The summed E-state index contributed by atoms with van der Waals surface area (Å²) in [5.74, 6) is 2.56. The summed E-state index contributed by atoms with van der Waals surface area (Å²) in [6.07, 6.45) is 8.07. The van der Waals surface area contributed by atoms with Crippen LogP contribution in [0.2, 0.25) is 0 Å². The second-order valence-electron chi connectivity index (χ2n) is 3.73. The molecule has 0 aliphatic rings. The van der Waals surface area contributed by atoms with E-state index in [1.807, 2.05) is 0 Å². The first-order valence-electron chi connectivity index (χ1n) is 5.22. The molecule has 0 aromatic rings. The summed E-state index contributed by atoms with van der Waals surface area (Å²) in [4.78, 5) is 22.9. The number of carbonyl (C=O) groups is 2. The first-order chi connectivity index (χ1) is 8.80. The molecule has 1 unspecified atom stereocenters. The zero-order valence-corrected chi connectivity index (χ0v) is 11.6. The number of hydrogen-bond acceptors (Lipinski definition) is 6. The van der Waals surface area contributed by atoms with Crippen molar-refractivity contribution in [2.75, 3.05) is 26.5 Å². The third-order valence-corrected chi connectivity index (χ3v) is 2.37. The molecule has 6 nitrogen and oxygen atoms in total. The van der Waals surface area contributed by atoms with Gasteiger partial charge in [0.15, 0.2) is 26.7 Å². The molecule has 0 rings (SSSR count). The van der Waals surface area contributed by atoms with Gasteiger partial charge in [0, 0.05) is 13.3 Å². The Labute approximate surface area is 112 Å². The van der Waals surface area contributed by atoms with Crippen LogP contribution in [0.25, 0.3) is 0 Å². The first-order valence-corrected chi connectivity index (χ1v) is 7.74. The standard InChI is InChI=1S/C12H15O6P/c1-5-7-16-11(13)9-10(18-19(3,4)15)12(14)17-8-6-2/h1-2,10H,7-9H2,3-4H3. The van der Waals surface area contributed by atoms with Gasteiger partial charge in [0.05, 0.1) is 6.42 Å². The Hall–Kier alpha value is -1.75. The highest BCUT2D eigenvalue weighted by molar-refractivity contribution is 7.57. The van der Waals surface area contributed by atoms with Crippen molar-refractivity contribution in [2.24, 2.45) is 0 Å². The summed E-state index contributed by atoms with van der Waals surface area (Å²) in [7, 11) is -2.99. The van der Waals surface area contributed by atoms with Crippen LogP contribution in [0.3, 0.4) is 0 Å². The highest BCUT2D eigenvalue weighted by Crippen LogP contribution is 2.39. The fraction of sp³-hybridized carbons (Fsp3) is 0.500. The molecule has 0 N–H and O–H groups in total. The van der Waals surface area contributed by atoms with Gasteiger partial charge in [-0.15, -0.1) is 12.8 Å². The summed E-state index contributed by atoms with van der Waals surface area (Å²) < 4.78 is 25.8. The molecule has 0 aromatic carbocycles. The van der Waals surface area contributed by atoms with Gasteiger partial charge in [-0.3, -0.25) is 9.36 Å². The van der Waals surface area contributed by atoms with E-state index in [1.54, 1.807) is 0 Å². The molecule has 19 heavy (non-hydrogen) atoms. The predicted octanol–water partition coefficient (Wildman–Crippen LogP) is 0.652. The molecule has 0 aliphatic heterocycles. The van der Waals surface area contributed by atoms with Gasteiger partial charge in [-0.25, -0.2) is 4.79 Å². The number of hydrogen-bond donors (Lipinski definition) is 0. The molecule has 0 bridgehead atoms. The molecule has 0 aliphatic carbocycles. The van der Waals surface area contributed by atoms with Crippen LogP contribution in [0, 0.1) is 24.7 Å². The number of ether oxygens (including phenoxy) is 2. The number of carbonyl (C=O) groups excluding carboxylic acids is 2. The second kappa shape index (κ2) is 8.37. The van der Waals surface area contributed by atoms with Gasteiger partial charge in [0.1, 0.15) is 0 Å². The van der Waals surface area contributed by atoms with E-state index in [2.05, 4.69) is 21.3 Å². The van der Waals surface area contributed by atoms with E-state index in [0.717, 1.165) is 0 Å². The average molecular weight is 286 g/mol. The van der Waals surface area contributed by atoms with E-state index >= 15 is 0 Å². The van der Waals surface area contributed by atoms with E-state index < -0.39 is 31.8 Å². The lowest BCUT2D eigenvalue weighted by Gasteiger charge is -2.17. The molecule has 0 spiro atoms. The van der Waals surface area contributed by atoms with Crippen molar-refractivity contribution in [3.8, 4) is 24.7 Å². The molecule has 0 radical (unpaired) electrons. The largest absolute Gasteiger partial charge is 0.452 e. The van der Waals surface area contributed by atoms with Crippen molar-refractivity contribution >= 4 is 19.3 Å². The summed E-state index contributed by atoms with van der Waals surface area (Å²) >= 11 is 0. The van der Waals surface area contributed by atoms with Crippen LogP contribution in [-0.4, -0.2) is 44.6 Å². The summed E-state index contributed by atoms with van der Waals surface area (Å²) in [5, 5.41) is 0. The Balaban J connectivity index is 4.64. The molecule has 0 heterocycles. The van der Waals surface area contributed by atoms with Gasteiger partial charge in [-0.2, -0.15) is 0 Å². The third-order valence-electron chi connectivity index (χ3n) is 1.61. The summed E-state index contributed by atoms with van der Waals surface area (Å²) in [5.41, 5.74) is 0. The van der Waals surface area contributed by atoms with Crippen LogP contribution in [0.5, 0.6) is 0 Å². The Bertz CT molecular complexity index is 450. The van der Waals surface area contributed by atoms with Crippen LogP contribution in [0.4, 0.5) is 0 Å². The Morgan fingerprint density at radius 3 is 2.16 bits per heavy atom. The molecule has 0 fully saturated rings. The molecule has 0 aromatic heterocycles. The van der Waals surface area contributed by atoms with Crippen molar-refractivity contribution in [2.45, 2.75) is 12.5 Å². The third kappa shape index (κ3) is 8.90. The van der Waals surface area contributed by atoms with Crippen molar-refractivity contribution in [1.29, 1.82) is 0 Å². The maximum atomic E-state index is 11.6. The topological polar surface area (TPSA) is 78.9 Å². The zero-order valence-electron chi connectivity index (χ0n) is 10.8. The van der Waals surface area contributed by atoms with Crippen molar-refractivity contribution < 1.29 is 28.2 Å². The van der Waals surface area contributed by atoms with E-state index in [-0.39, 0.29) is 13.2 Å². The monoisotopic (exact) mass is 286 g/mol.